The molecule has 0 aliphatic heterocycles. The summed E-state index contributed by atoms with van der Waals surface area (Å²) in [5, 5.41) is 10.3. The molecule has 0 amide bonds. The molecule has 0 aliphatic carbocycles. The summed E-state index contributed by atoms with van der Waals surface area (Å²) in [6.07, 6.45) is 0.503. The first kappa shape index (κ1) is 14.1. The molecule has 0 radical (unpaired) electrons. The van der Waals surface area contributed by atoms with Crippen LogP contribution in [0, 0.1) is 5.82 Å². The zero-order chi connectivity index (χ0) is 15.4. The Morgan fingerprint density at radius 2 is 1.95 bits per heavy atom. The number of nitrogens with one attached hydrogen (secondary N) is 1. The van der Waals surface area contributed by atoms with Crippen LogP contribution in [-0.2, 0) is 6.42 Å². The van der Waals surface area contributed by atoms with E-state index in [4.69, 9.17) is 10.5 Å². The Hall–Kier alpha value is -2.89. The fraction of sp³-hybridized carbons (Fsp3) is 0.125. The number of nitrogens with two attached hydrogens (primary N) is 1. The van der Waals surface area contributed by atoms with E-state index in [2.05, 4.69) is 15.4 Å². The first-order valence-electron chi connectivity index (χ1n) is 6.87. The number of rotatable bonds is 5. The molecule has 0 saturated heterocycles. The van der Waals surface area contributed by atoms with Gasteiger partial charge in [0.2, 0.25) is 0 Å². The summed E-state index contributed by atoms with van der Waals surface area (Å²) in [7, 11) is 0. The fourth-order valence-electron chi connectivity index (χ4n) is 2.16. The van der Waals surface area contributed by atoms with Crippen LogP contribution < -0.4 is 10.5 Å². The summed E-state index contributed by atoms with van der Waals surface area (Å²) in [4.78, 5) is 0. The van der Waals surface area contributed by atoms with Crippen LogP contribution in [0.25, 0.3) is 11.3 Å². The Kier molecular flexibility index (Phi) is 4.00. The summed E-state index contributed by atoms with van der Waals surface area (Å²) < 4.78 is 19.2. The van der Waals surface area contributed by atoms with Crippen molar-refractivity contribution in [2.45, 2.75) is 6.42 Å². The van der Waals surface area contributed by atoms with E-state index in [0.29, 0.717) is 35.9 Å². The van der Waals surface area contributed by atoms with Crippen LogP contribution in [-0.4, -0.2) is 22.0 Å². The second kappa shape index (κ2) is 6.26. The van der Waals surface area contributed by atoms with Gasteiger partial charge < -0.3 is 10.5 Å². The van der Waals surface area contributed by atoms with Crippen LogP contribution in [0.1, 0.15) is 5.56 Å². The quantitative estimate of drug-likeness (QED) is 0.759. The SMILES string of the molecule is Nc1n[nH]nc1-c1cccc(OCCc2ccccc2F)c1. The van der Waals surface area contributed by atoms with Crippen molar-refractivity contribution in [1.82, 2.24) is 15.4 Å². The minimum absolute atomic E-state index is 0.213. The summed E-state index contributed by atoms with van der Waals surface area (Å²) in [6.45, 7) is 0.388. The van der Waals surface area contributed by atoms with E-state index in [1.54, 1.807) is 12.1 Å². The summed E-state index contributed by atoms with van der Waals surface area (Å²) in [6, 6.07) is 14.1. The highest BCUT2D eigenvalue weighted by molar-refractivity contribution is 5.70. The van der Waals surface area contributed by atoms with Crippen molar-refractivity contribution < 1.29 is 9.13 Å². The predicted molar refractivity (Wildman–Crippen MR) is 81.8 cm³/mol. The number of ether oxygens (including phenoxy) is 1. The molecule has 0 unspecified atom stereocenters. The third-order valence-corrected chi connectivity index (χ3v) is 3.28. The van der Waals surface area contributed by atoms with Crippen LogP contribution in [0.3, 0.4) is 0 Å². The molecule has 2 aromatic carbocycles. The second-order valence-electron chi connectivity index (χ2n) is 4.78. The van der Waals surface area contributed by atoms with Crippen molar-refractivity contribution in [3.63, 3.8) is 0 Å². The number of nitrogen functional groups attached to an aromatic ring is 1. The van der Waals surface area contributed by atoms with Crippen LogP contribution in [0.4, 0.5) is 10.2 Å². The minimum atomic E-state index is -0.213. The van der Waals surface area contributed by atoms with Crippen molar-refractivity contribution >= 4 is 5.82 Å². The number of aromatic amines is 1. The molecular formula is C16H15FN4O. The average molecular weight is 298 g/mol. The largest absolute Gasteiger partial charge is 0.493 e. The van der Waals surface area contributed by atoms with Gasteiger partial charge in [-0.05, 0) is 23.8 Å². The molecule has 3 rings (SSSR count). The Bertz CT molecular complexity index is 772. The van der Waals surface area contributed by atoms with Gasteiger partial charge in [-0.2, -0.15) is 10.3 Å². The predicted octanol–water partition coefficient (Wildman–Crippen LogP) is 2.81. The van der Waals surface area contributed by atoms with Gasteiger partial charge in [0.15, 0.2) is 5.82 Å². The van der Waals surface area contributed by atoms with Crippen molar-refractivity contribution in [2.75, 3.05) is 12.3 Å². The smallest absolute Gasteiger partial charge is 0.173 e. The number of nitrogens with zero attached hydrogens (tertiary/aromatic N) is 2. The first-order valence-corrected chi connectivity index (χ1v) is 6.87. The number of hydrogen-bond donors (Lipinski definition) is 2. The molecule has 0 aliphatic rings. The van der Waals surface area contributed by atoms with Crippen LogP contribution in [0.15, 0.2) is 48.5 Å². The maximum absolute atomic E-state index is 13.5. The van der Waals surface area contributed by atoms with E-state index < -0.39 is 0 Å². The molecule has 3 aromatic rings. The minimum Gasteiger partial charge on any atom is -0.493 e. The topological polar surface area (TPSA) is 76.8 Å². The molecule has 0 atom stereocenters. The normalized spacial score (nSPS) is 10.6. The summed E-state index contributed by atoms with van der Waals surface area (Å²) >= 11 is 0. The standard InChI is InChI=1S/C16H15FN4O/c17-14-7-2-1-4-11(14)8-9-22-13-6-3-5-12(10-13)15-16(18)20-21-19-15/h1-7,10H,8-9H2,(H3,18,19,20,21). The second-order valence-corrected chi connectivity index (χ2v) is 4.78. The molecule has 6 heteroatoms. The van der Waals surface area contributed by atoms with E-state index in [-0.39, 0.29) is 5.82 Å². The molecular weight excluding hydrogens is 283 g/mol. The molecule has 0 fully saturated rings. The van der Waals surface area contributed by atoms with Gasteiger partial charge in [-0.25, -0.2) is 4.39 Å². The molecule has 1 aromatic heterocycles. The number of halogens is 1. The van der Waals surface area contributed by atoms with E-state index in [1.807, 2.05) is 30.3 Å². The highest BCUT2D eigenvalue weighted by Crippen LogP contribution is 2.25. The molecule has 112 valence electrons. The van der Waals surface area contributed by atoms with Crippen LogP contribution in [0.2, 0.25) is 0 Å². The lowest BCUT2D eigenvalue weighted by molar-refractivity contribution is 0.320. The third-order valence-electron chi connectivity index (χ3n) is 3.28. The zero-order valence-electron chi connectivity index (χ0n) is 11.8. The fourth-order valence-corrected chi connectivity index (χ4v) is 2.16. The molecule has 3 N–H and O–H groups in total. The summed E-state index contributed by atoms with van der Waals surface area (Å²) in [5.74, 6) is 0.801. The van der Waals surface area contributed by atoms with E-state index in [1.165, 1.54) is 6.07 Å². The van der Waals surface area contributed by atoms with Crippen molar-refractivity contribution in [3.8, 4) is 17.0 Å². The van der Waals surface area contributed by atoms with Gasteiger partial charge in [0.1, 0.15) is 17.3 Å². The van der Waals surface area contributed by atoms with Gasteiger partial charge >= 0.3 is 0 Å². The Labute approximate surface area is 126 Å². The lowest BCUT2D eigenvalue weighted by Gasteiger charge is -2.08. The van der Waals surface area contributed by atoms with E-state index in [9.17, 15) is 4.39 Å². The van der Waals surface area contributed by atoms with Crippen molar-refractivity contribution in [3.05, 3.63) is 59.9 Å². The van der Waals surface area contributed by atoms with Crippen LogP contribution in [0.5, 0.6) is 5.75 Å². The van der Waals surface area contributed by atoms with Crippen molar-refractivity contribution in [2.24, 2.45) is 0 Å². The number of aromatic nitrogens is 3. The molecule has 22 heavy (non-hydrogen) atoms. The monoisotopic (exact) mass is 298 g/mol. The Morgan fingerprint density at radius 1 is 1.09 bits per heavy atom. The molecule has 0 bridgehead atoms. The molecule has 5 nitrogen and oxygen atoms in total. The zero-order valence-corrected chi connectivity index (χ0v) is 11.8. The third kappa shape index (κ3) is 3.06. The maximum atomic E-state index is 13.5. The molecule has 0 spiro atoms. The lowest BCUT2D eigenvalue weighted by Crippen LogP contribution is -2.03. The van der Waals surface area contributed by atoms with E-state index in [0.717, 1.165) is 5.56 Å². The van der Waals surface area contributed by atoms with Gasteiger partial charge in [0.25, 0.3) is 0 Å². The highest BCUT2D eigenvalue weighted by Gasteiger charge is 2.08. The Morgan fingerprint density at radius 3 is 2.73 bits per heavy atom. The summed E-state index contributed by atoms with van der Waals surface area (Å²) in [5.41, 5.74) is 7.76. The lowest BCUT2D eigenvalue weighted by atomic mass is 10.1. The number of anilines is 1. The van der Waals surface area contributed by atoms with Crippen molar-refractivity contribution in [1.29, 1.82) is 0 Å². The number of benzene rings is 2. The molecule has 1 heterocycles. The Balaban J connectivity index is 1.66. The van der Waals surface area contributed by atoms with Crippen LogP contribution >= 0.6 is 0 Å². The first-order chi connectivity index (χ1) is 10.7. The average Bonchev–Trinajstić information content (AvgIpc) is 2.96. The maximum Gasteiger partial charge on any atom is 0.173 e. The van der Waals surface area contributed by atoms with E-state index >= 15 is 0 Å². The van der Waals surface area contributed by atoms with Gasteiger partial charge in [0.05, 0.1) is 6.61 Å². The molecule has 0 saturated carbocycles. The number of hydrogen-bond acceptors (Lipinski definition) is 4. The van der Waals surface area contributed by atoms with Gasteiger partial charge in [-0.1, -0.05) is 30.3 Å². The number of H-pyrrole nitrogens is 1. The van der Waals surface area contributed by atoms with Gasteiger partial charge in [0, 0.05) is 12.0 Å². The highest BCUT2D eigenvalue weighted by atomic mass is 19.1. The van der Waals surface area contributed by atoms with Gasteiger partial charge in [-0.3, -0.25) is 0 Å². The van der Waals surface area contributed by atoms with Gasteiger partial charge in [-0.15, -0.1) is 5.10 Å².